The molecule has 0 aromatic heterocycles. The summed E-state index contributed by atoms with van der Waals surface area (Å²) in [5.41, 5.74) is 2.55. The Labute approximate surface area is 115 Å². The second-order valence-corrected chi connectivity index (χ2v) is 5.61. The molecule has 0 unspecified atom stereocenters. The highest BCUT2D eigenvalue weighted by atomic mass is 16.2. The lowest BCUT2D eigenvalue weighted by molar-refractivity contribution is 0.0621. The molecule has 0 radical (unpaired) electrons. The maximum absolute atomic E-state index is 12.7. The molecule has 0 saturated heterocycles. The maximum Gasteiger partial charge on any atom is 0.256 e. The van der Waals surface area contributed by atoms with Gasteiger partial charge in [-0.25, -0.2) is 0 Å². The smallest absolute Gasteiger partial charge is 0.256 e. The second kappa shape index (κ2) is 5.11. The first kappa shape index (κ1) is 13.7. The normalized spacial score (nSPS) is 14.1. The van der Waals surface area contributed by atoms with E-state index in [1.165, 1.54) is 0 Å². The molecular weight excluding hydrogens is 238 g/mol. The van der Waals surface area contributed by atoms with Crippen molar-refractivity contribution in [3.8, 4) is 0 Å². The summed E-state index contributed by atoms with van der Waals surface area (Å²) < 4.78 is 0. The van der Waals surface area contributed by atoms with Crippen LogP contribution in [0.1, 0.15) is 37.6 Å². The van der Waals surface area contributed by atoms with Crippen LogP contribution < -0.4 is 10.6 Å². The number of anilines is 2. The number of benzene rings is 1. The Morgan fingerprint density at radius 1 is 1.32 bits per heavy atom. The van der Waals surface area contributed by atoms with Gasteiger partial charge in [0.15, 0.2) is 0 Å². The van der Waals surface area contributed by atoms with Gasteiger partial charge in [-0.05, 0) is 32.4 Å². The minimum absolute atomic E-state index is 0.0694. The van der Waals surface area contributed by atoms with Crippen LogP contribution in [0.3, 0.4) is 0 Å². The number of amides is 1. The van der Waals surface area contributed by atoms with Gasteiger partial charge < -0.3 is 15.5 Å². The lowest BCUT2D eigenvalue weighted by atomic mass is 9.98. The standard InChI is InChI=1S/C15H23N3O/c1-5-15(2,3)18(4)14(19)11-7-6-8-12-13(11)17-10-9-16-12/h6-8,16-17H,5,9-10H2,1-4H3. The molecule has 1 heterocycles. The molecule has 0 spiro atoms. The fourth-order valence-corrected chi connectivity index (χ4v) is 2.15. The molecule has 1 aromatic carbocycles. The summed E-state index contributed by atoms with van der Waals surface area (Å²) in [5, 5.41) is 6.64. The van der Waals surface area contributed by atoms with Crippen LogP contribution in [-0.2, 0) is 0 Å². The summed E-state index contributed by atoms with van der Waals surface area (Å²) >= 11 is 0. The second-order valence-electron chi connectivity index (χ2n) is 5.61. The molecule has 0 aliphatic carbocycles. The van der Waals surface area contributed by atoms with E-state index < -0.39 is 0 Å². The third-order valence-corrected chi connectivity index (χ3v) is 4.11. The number of nitrogens with one attached hydrogen (secondary N) is 2. The molecule has 0 atom stereocenters. The van der Waals surface area contributed by atoms with Crippen LogP contribution in [0.2, 0.25) is 0 Å². The fourth-order valence-electron chi connectivity index (χ4n) is 2.15. The van der Waals surface area contributed by atoms with Crippen molar-refractivity contribution in [3.63, 3.8) is 0 Å². The Bertz CT molecular complexity index is 482. The maximum atomic E-state index is 12.7. The minimum atomic E-state index is -0.137. The van der Waals surface area contributed by atoms with E-state index >= 15 is 0 Å². The highest BCUT2D eigenvalue weighted by molar-refractivity contribution is 6.03. The van der Waals surface area contributed by atoms with Gasteiger partial charge in [-0.2, -0.15) is 0 Å². The van der Waals surface area contributed by atoms with Crippen LogP contribution in [0.5, 0.6) is 0 Å². The molecule has 104 valence electrons. The third-order valence-electron chi connectivity index (χ3n) is 4.11. The lowest BCUT2D eigenvalue weighted by Crippen LogP contribution is -2.44. The van der Waals surface area contributed by atoms with Crippen molar-refractivity contribution in [1.29, 1.82) is 0 Å². The summed E-state index contributed by atoms with van der Waals surface area (Å²) in [7, 11) is 1.88. The third kappa shape index (κ3) is 2.53. The molecule has 1 aliphatic heterocycles. The fraction of sp³-hybridized carbons (Fsp3) is 0.533. The van der Waals surface area contributed by atoms with Crippen molar-refractivity contribution in [1.82, 2.24) is 4.90 Å². The highest BCUT2D eigenvalue weighted by Gasteiger charge is 2.28. The van der Waals surface area contributed by atoms with Gasteiger partial charge in [-0.3, -0.25) is 4.79 Å². The molecule has 0 fully saturated rings. The molecule has 0 saturated carbocycles. The van der Waals surface area contributed by atoms with E-state index in [9.17, 15) is 4.79 Å². The molecule has 1 aromatic rings. The molecule has 1 amide bonds. The van der Waals surface area contributed by atoms with Crippen molar-refractivity contribution < 1.29 is 4.79 Å². The van der Waals surface area contributed by atoms with Crippen LogP contribution in [-0.4, -0.2) is 36.5 Å². The molecule has 4 heteroatoms. The van der Waals surface area contributed by atoms with Crippen molar-refractivity contribution in [2.45, 2.75) is 32.7 Å². The number of carbonyl (C=O) groups is 1. The zero-order valence-electron chi connectivity index (χ0n) is 12.2. The molecule has 0 bridgehead atoms. The Balaban J connectivity index is 2.34. The Morgan fingerprint density at radius 2 is 2.00 bits per heavy atom. The van der Waals surface area contributed by atoms with Gasteiger partial charge in [-0.1, -0.05) is 13.0 Å². The van der Waals surface area contributed by atoms with E-state index in [-0.39, 0.29) is 11.4 Å². The average Bonchev–Trinajstić information content (AvgIpc) is 2.45. The van der Waals surface area contributed by atoms with Crippen LogP contribution in [0.25, 0.3) is 0 Å². The first-order valence-electron chi connectivity index (χ1n) is 6.86. The largest absolute Gasteiger partial charge is 0.382 e. The highest BCUT2D eigenvalue weighted by Crippen LogP contribution is 2.30. The van der Waals surface area contributed by atoms with Crippen LogP contribution >= 0.6 is 0 Å². The summed E-state index contributed by atoms with van der Waals surface area (Å²) in [6, 6.07) is 5.82. The van der Waals surface area contributed by atoms with Crippen molar-refractivity contribution in [3.05, 3.63) is 23.8 Å². The van der Waals surface area contributed by atoms with E-state index in [1.54, 1.807) is 0 Å². The quantitative estimate of drug-likeness (QED) is 0.879. The molecule has 2 N–H and O–H groups in total. The van der Waals surface area contributed by atoms with Gasteiger partial charge in [0.2, 0.25) is 0 Å². The molecule has 1 aliphatic rings. The van der Waals surface area contributed by atoms with E-state index in [0.29, 0.717) is 0 Å². The first-order valence-corrected chi connectivity index (χ1v) is 6.86. The topological polar surface area (TPSA) is 44.4 Å². The van der Waals surface area contributed by atoms with Crippen molar-refractivity contribution in [2.75, 3.05) is 30.8 Å². The summed E-state index contributed by atoms with van der Waals surface area (Å²) in [5.74, 6) is 0.0694. The van der Waals surface area contributed by atoms with Crippen molar-refractivity contribution in [2.24, 2.45) is 0 Å². The molecule has 4 nitrogen and oxygen atoms in total. The number of nitrogens with zero attached hydrogens (tertiary/aromatic N) is 1. The minimum Gasteiger partial charge on any atom is -0.382 e. The molecule has 19 heavy (non-hydrogen) atoms. The summed E-state index contributed by atoms with van der Waals surface area (Å²) in [4.78, 5) is 14.5. The van der Waals surface area contributed by atoms with Gasteiger partial charge in [0.1, 0.15) is 0 Å². The van der Waals surface area contributed by atoms with Crippen LogP contribution in [0.15, 0.2) is 18.2 Å². The zero-order valence-corrected chi connectivity index (χ0v) is 12.2. The van der Waals surface area contributed by atoms with Gasteiger partial charge in [0.05, 0.1) is 16.9 Å². The Kier molecular flexibility index (Phi) is 3.69. The lowest BCUT2D eigenvalue weighted by Gasteiger charge is -2.35. The van der Waals surface area contributed by atoms with E-state index in [1.807, 2.05) is 30.1 Å². The van der Waals surface area contributed by atoms with Crippen LogP contribution in [0.4, 0.5) is 11.4 Å². The van der Waals surface area contributed by atoms with Gasteiger partial charge in [0.25, 0.3) is 5.91 Å². The van der Waals surface area contributed by atoms with E-state index in [4.69, 9.17) is 0 Å². The summed E-state index contributed by atoms with van der Waals surface area (Å²) in [6.45, 7) is 8.01. The molecule has 2 rings (SSSR count). The summed E-state index contributed by atoms with van der Waals surface area (Å²) in [6.07, 6.45) is 0.927. The average molecular weight is 261 g/mol. The zero-order chi connectivity index (χ0) is 14.0. The predicted molar refractivity (Wildman–Crippen MR) is 79.9 cm³/mol. The number of carbonyl (C=O) groups excluding carboxylic acids is 1. The molecular formula is C15H23N3O. The van der Waals surface area contributed by atoms with E-state index in [0.717, 1.165) is 36.4 Å². The van der Waals surface area contributed by atoms with Gasteiger partial charge >= 0.3 is 0 Å². The number of rotatable bonds is 3. The number of hydrogen-bond donors (Lipinski definition) is 2. The van der Waals surface area contributed by atoms with Gasteiger partial charge in [0, 0.05) is 25.7 Å². The van der Waals surface area contributed by atoms with Crippen LogP contribution in [0, 0.1) is 0 Å². The van der Waals surface area contributed by atoms with E-state index in [2.05, 4.69) is 31.4 Å². The SMILES string of the molecule is CCC(C)(C)N(C)C(=O)c1cccc2c1NCCN2. The number of fused-ring (bicyclic) bond motifs is 1. The Morgan fingerprint density at radius 3 is 2.68 bits per heavy atom. The Hall–Kier alpha value is -1.71. The monoisotopic (exact) mass is 261 g/mol. The first-order chi connectivity index (χ1) is 8.97. The number of hydrogen-bond acceptors (Lipinski definition) is 3. The number of para-hydroxylation sites is 1. The van der Waals surface area contributed by atoms with Crippen molar-refractivity contribution >= 4 is 17.3 Å². The van der Waals surface area contributed by atoms with Gasteiger partial charge in [-0.15, -0.1) is 0 Å². The predicted octanol–water partition coefficient (Wildman–Crippen LogP) is 2.78.